The van der Waals surface area contributed by atoms with Gasteiger partial charge in [0.15, 0.2) is 0 Å². The van der Waals surface area contributed by atoms with Crippen LogP contribution in [0.5, 0.6) is 5.75 Å². The highest BCUT2D eigenvalue weighted by Gasteiger charge is 2.46. The highest BCUT2D eigenvalue weighted by Crippen LogP contribution is 2.43. The highest BCUT2D eigenvalue weighted by atomic mass is 32.1. The van der Waals surface area contributed by atoms with Crippen LogP contribution in [0.3, 0.4) is 0 Å². The molecule has 1 N–H and O–H groups in total. The van der Waals surface area contributed by atoms with Gasteiger partial charge in [-0.3, -0.25) is 9.59 Å². The molecular formula is C23H17F2NO4S. The van der Waals surface area contributed by atoms with Gasteiger partial charge in [0.1, 0.15) is 23.1 Å². The predicted octanol–water partition coefficient (Wildman–Crippen LogP) is 4.66. The lowest BCUT2D eigenvalue weighted by Gasteiger charge is -2.24. The van der Waals surface area contributed by atoms with E-state index in [1.165, 1.54) is 59.7 Å². The van der Waals surface area contributed by atoms with E-state index < -0.39 is 35.1 Å². The monoisotopic (exact) mass is 441 g/mol. The summed E-state index contributed by atoms with van der Waals surface area (Å²) >= 11 is 1.31. The molecular weight excluding hydrogens is 424 g/mol. The van der Waals surface area contributed by atoms with E-state index in [1.54, 1.807) is 17.5 Å². The second kappa shape index (κ2) is 8.31. The van der Waals surface area contributed by atoms with Crippen LogP contribution in [0, 0.1) is 11.6 Å². The number of methoxy groups -OCH3 is 1. The fourth-order valence-corrected chi connectivity index (χ4v) is 4.43. The first-order valence-corrected chi connectivity index (χ1v) is 10.2. The summed E-state index contributed by atoms with van der Waals surface area (Å²) in [5.41, 5.74) is 0.440. The van der Waals surface area contributed by atoms with Crippen molar-refractivity contribution >= 4 is 28.8 Å². The molecule has 1 atom stereocenters. The van der Waals surface area contributed by atoms with Gasteiger partial charge in [-0.25, -0.2) is 8.78 Å². The van der Waals surface area contributed by atoms with Crippen LogP contribution in [0.4, 0.5) is 8.78 Å². The third kappa shape index (κ3) is 3.82. The Morgan fingerprint density at radius 3 is 2.45 bits per heavy atom. The maximum absolute atomic E-state index is 13.9. The Morgan fingerprint density at radius 1 is 1.10 bits per heavy atom. The normalized spacial score (nSPS) is 17.9. The molecule has 8 heteroatoms. The number of halogens is 2. The summed E-state index contributed by atoms with van der Waals surface area (Å²) in [4.78, 5) is 27.8. The van der Waals surface area contributed by atoms with Gasteiger partial charge in [0.25, 0.3) is 11.7 Å². The van der Waals surface area contributed by atoms with Crippen LogP contribution in [0.15, 0.2) is 65.6 Å². The number of rotatable bonds is 5. The van der Waals surface area contributed by atoms with Crippen molar-refractivity contribution in [1.29, 1.82) is 0 Å². The smallest absolute Gasteiger partial charge is 0.295 e. The summed E-state index contributed by atoms with van der Waals surface area (Å²) < 4.78 is 32.4. The molecule has 4 rings (SSSR count). The molecule has 5 nitrogen and oxygen atoms in total. The number of ether oxygens (including phenoxy) is 1. The van der Waals surface area contributed by atoms with Gasteiger partial charge in [-0.15, -0.1) is 11.3 Å². The van der Waals surface area contributed by atoms with Crippen molar-refractivity contribution < 1.29 is 28.2 Å². The maximum Gasteiger partial charge on any atom is 0.295 e. The molecule has 1 saturated heterocycles. The van der Waals surface area contributed by atoms with Crippen molar-refractivity contribution in [3.8, 4) is 5.75 Å². The quantitative estimate of drug-likeness (QED) is 0.355. The Labute approximate surface area is 180 Å². The van der Waals surface area contributed by atoms with E-state index in [1.807, 2.05) is 0 Å². The lowest BCUT2D eigenvalue weighted by Crippen LogP contribution is -2.28. The van der Waals surface area contributed by atoms with Gasteiger partial charge in [0, 0.05) is 11.4 Å². The number of likely N-dealkylation sites (tertiary alicyclic amines) is 1. The van der Waals surface area contributed by atoms with Crippen molar-refractivity contribution in [3.63, 3.8) is 0 Å². The SMILES string of the molecule is COc1ccc(F)cc1/C(O)=C1/C(=O)C(=O)N(Cc2ccc(F)cc2)C1c1cccs1. The summed E-state index contributed by atoms with van der Waals surface area (Å²) in [6.45, 7) is 0.0322. The topological polar surface area (TPSA) is 66.8 Å². The van der Waals surface area contributed by atoms with E-state index in [0.29, 0.717) is 10.4 Å². The minimum Gasteiger partial charge on any atom is -0.507 e. The molecule has 0 spiro atoms. The summed E-state index contributed by atoms with van der Waals surface area (Å²) in [5.74, 6) is -3.10. The maximum atomic E-state index is 13.9. The van der Waals surface area contributed by atoms with Gasteiger partial charge in [0.05, 0.1) is 24.3 Å². The molecule has 2 aromatic carbocycles. The van der Waals surface area contributed by atoms with E-state index in [0.717, 1.165) is 6.07 Å². The number of Topliss-reactive ketones (excluding diaryl/α,β-unsaturated/α-hetero) is 1. The third-order valence-corrected chi connectivity index (χ3v) is 5.96. The third-order valence-electron chi connectivity index (χ3n) is 5.04. The number of benzene rings is 2. The van der Waals surface area contributed by atoms with Crippen LogP contribution in [0.1, 0.15) is 22.0 Å². The molecule has 1 amide bonds. The second-order valence-electron chi connectivity index (χ2n) is 6.91. The lowest BCUT2D eigenvalue weighted by atomic mass is 9.99. The lowest BCUT2D eigenvalue weighted by molar-refractivity contribution is -0.140. The molecule has 1 aliphatic heterocycles. The predicted molar refractivity (Wildman–Crippen MR) is 112 cm³/mol. The number of aliphatic hydroxyl groups excluding tert-OH is 1. The number of aliphatic hydroxyl groups is 1. The fraction of sp³-hybridized carbons (Fsp3) is 0.130. The Bertz CT molecular complexity index is 1170. The molecule has 31 heavy (non-hydrogen) atoms. The Hall–Kier alpha value is -3.52. The number of ketones is 1. The standard InChI is InChI=1S/C23H17F2NO4S/c1-30-17-9-8-15(25)11-16(17)21(27)19-20(18-3-2-10-31-18)26(23(29)22(19)28)12-13-4-6-14(24)7-5-13/h2-11,20,27H,12H2,1H3/b21-19-. The van der Waals surface area contributed by atoms with Crippen molar-refractivity contribution in [2.75, 3.05) is 7.11 Å². The molecule has 0 bridgehead atoms. The van der Waals surface area contributed by atoms with Crippen molar-refractivity contribution in [2.45, 2.75) is 12.6 Å². The molecule has 1 aliphatic rings. The first kappa shape index (κ1) is 20.7. The zero-order valence-electron chi connectivity index (χ0n) is 16.3. The van der Waals surface area contributed by atoms with Gasteiger partial charge < -0.3 is 14.7 Å². The fourth-order valence-electron chi connectivity index (χ4n) is 3.58. The summed E-state index contributed by atoms with van der Waals surface area (Å²) in [6, 6.07) is 11.8. The first-order valence-electron chi connectivity index (χ1n) is 9.31. The molecule has 0 aliphatic carbocycles. The molecule has 0 radical (unpaired) electrons. The Balaban J connectivity index is 1.86. The number of thiophene rings is 1. The Morgan fingerprint density at radius 2 is 1.81 bits per heavy atom. The largest absolute Gasteiger partial charge is 0.507 e. The highest BCUT2D eigenvalue weighted by molar-refractivity contribution is 7.10. The number of hydrogen-bond acceptors (Lipinski definition) is 5. The van der Waals surface area contributed by atoms with E-state index in [9.17, 15) is 23.5 Å². The number of nitrogens with zero attached hydrogens (tertiary/aromatic N) is 1. The second-order valence-corrected chi connectivity index (χ2v) is 7.89. The molecule has 3 aromatic rings. The van der Waals surface area contributed by atoms with Crippen LogP contribution in [0.25, 0.3) is 5.76 Å². The molecule has 158 valence electrons. The van der Waals surface area contributed by atoms with Crippen LogP contribution in [-0.2, 0) is 16.1 Å². The summed E-state index contributed by atoms with van der Waals surface area (Å²) in [6.07, 6.45) is 0. The summed E-state index contributed by atoms with van der Waals surface area (Å²) in [7, 11) is 1.36. The van der Waals surface area contributed by atoms with E-state index in [2.05, 4.69) is 0 Å². The molecule has 1 aromatic heterocycles. The van der Waals surface area contributed by atoms with Crippen LogP contribution in [-0.4, -0.2) is 28.8 Å². The van der Waals surface area contributed by atoms with Crippen molar-refractivity contribution in [2.24, 2.45) is 0 Å². The molecule has 1 unspecified atom stereocenters. The molecule has 1 fully saturated rings. The number of carbonyl (C=O) groups excluding carboxylic acids is 2. The van der Waals surface area contributed by atoms with E-state index >= 15 is 0 Å². The zero-order chi connectivity index (χ0) is 22.1. The number of carbonyl (C=O) groups is 2. The van der Waals surface area contributed by atoms with Gasteiger partial charge in [-0.1, -0.05) is 18.2 Å². The van der Waals surface area contributed by atoms with Crippen molar-refractivity contribution in [1.82, 2.24) is 4.90 Å². The van der Waals surface area contributed by atoms with Gasteiger partial charge in [-0.05, 0) is 47.3 Å². The molecule has 0 saturated carbocycles. The van der Waals surface area contributed by atoms with E-state index in [4.69, 9.17) is 4.74 Å². The average molecular weight is 441 g/mol. The van der Waals surface area contributed by atoms with Gasteiger partial charge in [0.2, 0.25) is 0 Å². The molecule has 2 heterocycles. The van der Waals surface area contributed by atoms with E-state index in [-0.39, 0.29) is 23.4 Å². The zero-order valence-corrected chi connectivity index (χ0v) is 17.2. The van der Waals surface area contributed by atoms with Crippen molar-refractivity contribution in [3.05, 3.63) is 93.2 Å². The Kier molecular flexibility index (Phi) is 5.56. The minimum atomic E-state index is -0.885. The van der Waals surface area contributed by atoms with Crippen LogP contribution in [0.2, 0.25) is 0 Å². The number of amides is 1. The summed E-state index contributed by atoms with van der Waals surface area (Å²) in [5, 5.41) is 12.8. The van der Waals surface area contributed by atoms with Gasteiger partial charge >= 0.3 is 0 Å². The first-order chi connectivity index (χ1) is 14.9. The minimum absolute atomic E-state index is 0.0242. The van der Waals surface area contributed by atoms with Crippen LogP contribution < -0.4 is 4.74 Å². The number of hydrogen-bond donors (Lipinski definition) is 1. The van der Waals surface area contributed by atoms with Gasteiger partial charge in [-0.2, -0.15) is 0 Å². The van der Waals surface area contributed by atoms with Crippen LogP contribution >= 0.6 is 11.3 Å². The average Bonchev–Trinajstić information content (AvgIpc) is 3.37.